The largest absolute Gasteiger partial charge is 0.482 e. The number of ether oxygens (including phenoxy) is 2. The zero-order valence-corrected chi connectivity index (χ0v) is 14.2. The molecule has 2 rings (SSSR count). The Balaban J connectivity index is 1.82. The average Bonchev–Trinajstić information content (AvgIpc) is 2.62. The van der Waals surface area contributed by atoms with Gasteiger partial charge in [0.15, 0.2) is 6.61 Å². The van der Waals surface area contributed by atoms with Crippen LogP contribution >= 0.6 is 0 Å². The number of rotatable bonds is 8. The molecule has 0 unspecified atom stereocenters. The van der Waals surface area contributed by atoms with Gasteiger partial charge in [-0.05, 0) is 37.1 Å². The van der Waals surface area contributed by atoms with E-state index in [1.165, 1.54) is 6.07 Å². The van der Waals surface area contributed by atoms with Crippen molar-refractivity contribution in [1.29, 1.82) is 0 Å². The molecule has 3 N–H and O–H groups in total. The van der Waals surface area contributed by atoms with Crippen LogP contribution in [0.5, 0.6) is 5.75 Å². The van der Waals surface area contributed by atoms with Gasteiger partial charge < -0.3 is 20.5 Å². The summed E-state index contributed by atoms with van der Waals surface area (Å²) in [5, 5.41) is 2.78. The van der Waals surface area contributed by atoms with Crippen molar-refractivity contribution in [3.05, 3.63) is 59.7 Å². The van der Waals surface area contributed by atoms with Crippen LogP contribution in [0.3, 0.4) is 0 Å². The lowest BCUT2D eigenvalue weighted by Gasteiger charge is -2.11. The summed E-state index contributed by atoms with van der Waals surface area (Å²) in [5.74, 6) is -0.430. The molecular weight excluding hydrogens is 320 g/mol. The predicted molar refractivity (Wildman–Crippen MR) is 95.5 cm³/mol. The molecule has 0 heterocycles. The number of benzene rings is 2. The van der Waals surface area contributed by atoms with Gasteiger partial charge in [-0.2, -0.15) is 0 Å². The van der Waals surface area contributed by atoms with Crippen LogP contribution in [0.1, 0.15) is 22.8 Å². The molecule has 132 valence electrons. The molecule has 2 aromatic rings. The minimum absolute atomic E-state index is 0.175. The maximum atomic E-state index is 11.9. The van der Waals surface area contributed by atoms with Gasteiger partial charge in [-0.15, -0.1) is 0 Å². The summed E-state index contributed by atoms with van der Waals surface area (Å²) in [4.78, 5) is 23.6. The van der Waals surface area contributed by atoms with E-state index in [2.05, 4.69) is 5.32 Å². The fourth-order valence-electron chi connectivity index (χ4n) is 2.19. The fraction of sp³-hybridized carbons (Fsp3) is 0.263. The van der Waals surface area contributed by atoms with Crippen molar-refractivity contribution in [2.45, 2.75) is 13.3 Å². The van der Waals surface area contributed by atoms with E-state index in [4.69, 9.17) is 15.2 Å². The van der Waals surface area contributed by atoms with Crippen LogP contribution in [0.2, 0.25) is 0 Å². The number of anilines is 1. The van der Waals surface area contributed by atoms with Crippen LogP contribution in [-0.2, 0) is 16.0 Å². The van der Waals surface area contributed by atoms with Crippen molar-refractivity contribution in [3.8, 4) is 5.75 Å². The Labute approximate surface area is 146 Å². The van der Waals surface area contributed by atoms with Crippen LogP contribution in [0.15, 0.2) is 48.5 Å². The molecule has 6 nitrogen and oxygen atoms in total. The summed E-state index contributed by atoms with van der Waals surface area (Å²) in [6.07, 6.45) is 0.743. The first-order chi connectivity index (χ1) is 12.1. The van der Waals surface area contributed by atoms with Crippen LogP contribution in [0.4, 0.5) is 5.69 Å². The summed E-state index contributed by atoms with van der Waals surface area (Å²) in [5.41, 5.74) is 7.65. The number of carbonyl (C=O) groups excluding carboxylic acids is 2. The Morgan fingerprint density at radius 1 is 1.12 bits per heavy atom. The number of nitrogens with one attached hydrogen (secondary N) is 1. The molecule has 0 saturated heterocycles. The Kier molecular flexibility index (Phi) is 6.83. The van der Waals surface area contributed by atoms with E-state index in [1.54, 1.807) is 19.1 Å². The summed E-state index contributed by atoms with van der Waals surface area (Å²) < 4.78 is 10.4. The molecule has 25 heavy (non-hydrogen) atoms. The normalized spacial score (nSPS) is 10.1. The maximum Gasteiger partial charge on any atom is 0.338 e. The quantitative estimate of drug-likeness (QED) is 0.567. The molecule has 2 aromatic carbocycles. The molecule has 0 atom stereocenters. The van der Waals surface area contributed by atoms with Gasteiger partial charge in [0, 0.05) is 6.54 Å². The summed E-state index contributed by atoms with van der Waals surface area (Å²) in [6.45, 7) is 2.35. The highest BCUT2D eigenvalue weighted by atomic mass is 16.5. The highest BCUT2D eigenvalue weighted by Gasteiger charge is 2.11. The SMILES string of the molecule is CCOC(=O)c1ccc(N)c(OCC(=O)NCCc2ccccc2)c1. The van der Waals surface area contributed by atoms with Gasteiger partial charge >= 0.3 is 5.97 Å². The first-order valence-corrected chi connectivity index (χ1v) is 8.10. The van der Waals surface area contributed by atoms with Crippen molar-refractivity contribution < 1.29 is 19.1 Å². The molecule has 1 amide bonds. The smallest absolute Gasteiger partial charge is 0.338 e. The number of hydrogen-bond donors (Lipinski definition) is 2. The van der Waals surface area contributed by atoms with Crippen LogP contribution in [0.25, 0.3) is 0 Å². The summed E-state index contributed by atoms with van der Waals surface area (Å²) in [7, 11) is 0. The van der Waals surface area contributed by atoms with Crippen molar-refractivity contribution >= 4 is 17.6 Å². The van der Waals surface area contributed by atoms with Gasteiger partial charge in [0.05, 0.1) is 17.9 Å². The molecule has 0 spiro atoms. The van der Waals surface area contributed by atoms with Gasteiger partial charge in [-0.3, -0.25) is 4.79 Å². The van der Waals surface area contributed by atoms with E-state index in [9.17, 15) is 9.59 Å². The van der Waals surface area contributed by atoms with Gasteiger partial charge in [0.2, 0.25) is 0 Å². The van der Waals surface area contributed by atoms with Crippen LogP contribution < -0.4 is 15.8 Å². The number of amides is 1. The van der Waals surface area contributed by atoms with Gasteiger partial charge in [-0.1, -0.05) is 30.3 Å². The van der Waals surface area contributed by atoms with E-state index in [-0.39, 0.29) is 24.9 Å². The number of carbonyl (C=O) groups is 2. The molecule has 0 aliphatic rings. The van der Waals surface area contributed by atoms with E-state index >= 15 is 0 Å². The lowest BCUT2D eigenvalue weighted by molar-refractivity contribution is -0.123. The van der Waals surface area contributed by atoms with Gasteiger partial charge in [0.1, 0.15) is 5.75 Å². The van der Waals surface area contributed by atoms with Crippen LogP contribution in [0, 0.1) is 0 Å². The second-order valence-corrected chi connectivity index (χ2v) is 5.35. The third-order valence-electron chi connectivity index (χ3n) is 3.46. The number of nitrogens with two attached hydrogens (primary N) is 1. The van der Waals surface area contributed by atoms with E-state index in [0.29, 0.717) is 17.8 Å². The van der Waals surface area contributed by atoms with Crippen molar-refractivity contribution in [1.82, 2.24) is 5.32 Å². The molecule has 0 radical (unpaired) electrons. The minimum Gasteiger partial charge on any atom is -0.482 e. The topological polar surface area (TPSA) is 90.7 Å². The molecule has 0 saturated carbocycles. The standard InChI is InChI=1S/C19H22N2O4/c1-2-24-19(23)15-8-9-16(20)17(12-15)25-13-18(22)21-11-10-14-6-4-3-5-7-14/h3-9,12H,2,10-11,13,20H2,1H3,(H,21,22). The maximum absolute atomic E-state index is 11.9. The molecule has 0 fully saturated rings. The molecule has 0 bridgehead atoms. The van der Waals surface area contributed by atoms with Crippen molar-refractivity contribution in [2.24, 2.45) is 0 Å². The zero-order chi connectivity index (χ0) is 18.1. The number of esters is 1. The fourth-order valence-corrected chi connectivity index (χ4v) is 2.19. The van der Waals surface area contributed by atoms with E-state index in [1.807, 2.05) is 30.3 Å². The summed E-state index contributed by atoms with van der Waals surface area (Å²) >= 11 is 0. The third kappa shape index (κ3) is 5.84. The van der Waals surface area contributed by atoms with E-state index in [0.717, 1.165) is 12.0 Å². The van der Waals surface area contributed by atoms with Gasteiger partial charge in [-0.25, -0.2) is 4.79 Å². The van der Waals surface area contributed by atoms with Crippen molar-refractivity contribution in [2.75, 3.05) is 25.5 Å². The number of nitrogen functional groups attached to an aromatic ring is 1. The Hall–Kier alpha value is -3.02. The van der Waals surface area contributed by atoms with Crippen molar-refractivity contribution in [3.63, 3.8) is 0 Å². The lowest BCUT2D eigenvalue weighted by Crippen LogP contribution is -2.30. The predicted octanol–water partition coefficient (Wildman–Crippen LogP) is 2.18. The Morgan fingerprint density at radius 2 is 1.88 bits per heavy atom. The van der Waals surface area contributed by atoms with E-state index < -0.39 is 5.97 Å². The second kappa shape index (κ2) is 9.32. The van der Waals surface area contributed by atoms with Gasteiger partial charge in [0.25, 0.3) is 5.91 Å². The van der Waals surface area contributed by atoms with Crippen LogP contribution in [-0.4, -0.2) is 31.6 Å². The summed E-state index contributed by atoms with van der Waals surface area (Å²) in [6, 6.07) is 14.5. The zero-order valence-electron chi connectivity index (χ0n) is 14.2. The second-order valence-electron chi connectivity index (χ2n) is 5.35. The highest BCUT2D eigenvalue weighted by Crippen LogP contribution is 2.23. The third-order valence-corrected chi connectivity index (χ3v) is 3.46. The highest BCUT2D eigenvalue weighted by molar-refractivity contribution is 5.90. The Morgan fingerprint density at radius 3 is 2.60 bits per heavy atom. The first-order valence-electron chi connectivity index (χ1n) is 8.10. The lowest BCUT2D eigenvalue weighted by atomic mass is 10.1. The monoisotopic (exact) mass is 342 g/mol. The molecule has 6 heteroatoms. The average molecular weight is 342 g/mol. The Bertz CT molecular complexity index is 717. The first kappa shape index (κ1) is 18.3. The molecule has 0 aromatic heterocycles. The molecular formula is C19H22N2O4. The minimum atomic E-state index is -0.459. The number of hydrogen-bond acceptors (Lipinski definition) is 5. The molecule has 0 aliphatic carbocycles. The molecule has 0 aliphatic heterocycles.